The molecule has 0 atom stereocenters. The molecule has 1 aromatic heterocycles. The lowest BCUT2D eigenvalue weighted by Gasteiger charge is -2.10. The number of hydrogen-bond acceptors (Lipinski definition) is 4. The predicted octanol–water partition coefficient (Wildman–Crippen LogP) is 2.95. The lowest BCUT2D eigenvalue weighted by atomic mass is 10.3. The van der Waals surface area contributed by atoms with Crippen LogP contribution in [0.4, 0.5) is 5.82 Å². The van der Waals surface area contributed by atoms with Gasteiger partial charge in [-0.25, -0.2) is 9.97 Å². The van der Waals surface area contributed by atoms with Crippen molar-refractivity contribution in [3.8, 4) is 0 Å². The molecule has 0 aliphatic heterocycles. The Balaban J connectivity index is 2.74. The van der Waals surface area contributed by atoms with Gasteiger partial charge >= 0.3 is 0 Å². The van der Waals surface area contributed by atoms with Crippen molar-refractivity contribution in [2.24, 2.45) is 0 Å². The van der Waals surface area contributed by atoms with E-state index >= 15 is 0 Å². The van der Waals surface area contributed by atoms with Gasteiger partial charge in [-0.05, 0) is 35.7 Å². The molecule has 0 aliphatic carbocycles. The maximum absolute atomic E-state index is 5.03. The average Bonchev–Trinajstić information content (AvgIpc) is 2.32. The molecule has 0 spiro atoms. The van der Waals surface area contributed by atoms with Crippen molar-refractivity contribution in [3.63, 3.8) is 0 Å². The number of hydrogen-bond donors (Lipinski definition) is 1. The summed E-state index contributed by atoms with van der Waals surface area (Å²) in [5.41, 5.74) is 0.978. The van der Waals surface area contributed by atoms with Gasteiger partial charge in [0, 0.05) is 26.7 Å². The molecule has 4 nitrogen and oxygen atoms in total. The third kappa shape index (κ3) is 4.60. The summed E-state index contributed by atoms with van der Waals surface area (Å²) in [4.78, 5) is 8.98. The average molecular weight is 302 g/mol. The summed E-state index contributed by atoms with van der Waals surface area (Å²) >= 11 is 3.51. The summed E-state index contributed by atoms with van der Waals surface area (Å²) in [6.07, 6.45) is 2.88. The second kappa shape index (κ2) is 7.61. The van der Waals surface area contributed by atoms with E-state index < -0.39 is 0 Å². The number of methoxy groups -OCH3 is 1. The van der Waals surface area contributed by atoms with Crippen LogP contribution in [0.25, 0.3) is 0 Å². The minimum atomic E-state index is 0.746. The van der Waals surface area contributed by atoms with Crippen LogP contribution in [0, 0.1) is 6.92 Å². The molecule has 0 aromatic carbocycles. The molecule has 1 aromatic rings. The van der Waals surface area contributed by atoms with Crippen LogP contribution in [-0.2, 0) is 11.2 Å². The van der Waals surface area contributed by atoms with Gasteiger partial charge in [0.1, 0.15) is 11.6 Å². The van der Waals surface area contributed by atoms with Crippen molar-refractivity contribution in [2.45, 2.75) is 33.1 Å². The fourth-order valence-electron chi connectivity index (χ4n) is 1.46. The predicted molar refractivity (Wildman–Crippen MR) is 73.4 cm³/mol. The van der Waals surface area contributed by atoms with Crippen LogP contribution in [0.1, 0.15) is 31.3 Å². The van der Waals surface area contributed by atoms with Crippen LogP contribution in [0.2, 0.25) is 0 Å². The summed E-state index contributed by atoms with van der Waals surface area (Å²) in [7, 11) is 1.71. The summed E-state index contributed by atoms with van der Waals surface area (Å²) in [5, 5.41) is 3.31. The van der Waals surface area contributed by atoms with Gasteiger partial charge in [-0.15, -0.1) is 0 Å². The molecule has 0 radical (unpaired) electrons. The molecule has 96 valence electrons. The Labute approximate surface area is 111 Å². The first-order valence-electron chi connectivity index (χ1n) is 5.94. The highest BCUT2D eigenvalue weighted by Gasteiger charge is 2.08. The molecular formula is C12H20BrN3O. The molecule has 1 N–H and O–H groups in total. The maximum atomic E-state index is 5.03. The van der Waals surface area contributed by atoms with E-state index in [9.17, 15) is 0 Å². The highest BCUT2D eigenvalue weighted by Crippen LogP contribution is 2.23. The molecule has 5 heteroatoms. The van der Waals surface area contributed by atoms with Gasteiger partial charge in [-0.2, -0.15) is 0 Å². The van der Waals surface area contributed by atoms with Crippen molar-refractivity contribution in [2.75, 3.05) is 25.6 Å². The number of ether oxygens (including phenoxy) is 1. The smallest absolute Gasteiger partial charge is 0.144 e. The molecule has 0 amide bonds. The van der Waals surface area contributed by atoms with Gasteiger partial charge in [0.05, 0.1) is 10.2 Å². The van der Waals surface area contributed by atoms with E-state index in [2.05, 4.69) is 38.1 Å². The second-order valence-electron chi connectivity index (χ2n) is 3.91. The third-order valence-electron chi connectivity index (χ3n) is 2.35. The summed E-state index contributed by atoms with van der Waals surface area (Å²) in [6, 6.07) is 0. The Morgan fingerprint density at radius 2 is 2.12 bits per heavy atom. The van der Waals surface area contributed by atoms with Crippen LogP contribution in [0.15, 0.2) is 4.47 Å². The monoisotopic (exact) mass is 301 g/mol. The number of nitrogens with one attached hydrogen (secondary N) is 1. The summed E-state index contributed by atoms with van der Waals surface area (Å²) in [5.74, 6) is 1.77. The lowest BCUT2D eigenvalue weighted by molar-refractivity contribution is 0.194. The number of halogens is 1. The minimum Gasteiger partial charge on any atom is -0.385 e. The Hall–Kier alpha value is -0.680. The molecule has 0 saturated heterocycles. The van der Waals surface area contributed by atoms with Crippen molar-refractivity contribution >= 4 is 21.7 Å². The molecule has 0 bridgehead atoms. The van der Waals surface area contributed by atoms with E-state index in [4.69, 9.17) is 4.74 Å². The van der Waals surface area contributed by atoms with Crippen LogP contribution in [0.3, 0.4) is 0 Å². The van der Waals surface area contributed by atoms with Crippen LogP contribution in [-0.4, -0.2) is 30.2 Å². The maximum Gasteiger partial charge on any atom is 0.144 e. The van der Waals surface area contributed by atoms with Crippen molar-refractivity contribution < 1.29 is 4.74 Å². The molecule has 1 heterocycles. The van der Waals surface area contributed by atoms with Gasteiger partial charge in [0.2, 0.25) is 0 Å². The second-order valence-corrected chi connectivity index (χ2v) is 4.70. The number of rotatable bonds is 7. The van der Waals surface area contributed by atoms with E-state index in [0.29, 0.717) is 0 Å². The standard InChI is InChI=1S/C12H20BrN3O/c1-4-7-14-12-11(13)9(2)15-10(16-12)6-5-8-17-3/h4-8H2,1-3H3,(H,14,15,16). The summed E-state index contributed by atoms with van der Waals surface area (Å²) < 4.78 is 5.99. The van der Waals surface area contributed by atoms with Gasteiger partial charge in [0.15, 0.2) is 0 Å². The molecule has 0 fully saturated rings. The topological polar surface area (TPSA) is 47.0 Å². The van der Waals surface area contributed by atoms with Crippen LogP contribution >= 0.6 is 15.9 Å². The third-order valence-corrected chi connectivity index (χ3v) is 3.30. The first-order valence-corrected chi connectivity index (χ1v) is 6.74. The van der Waals surface area contributed by atoms with Crippen LogP contribution < -0.4 is 5.32 Å². The number of aryl methyl sites for hydroxylation is 2. The molecule has 0 saturated carbocycles. The Morgan fingerprint density at radius 1 is 1.35 bits per heavy atom. The number of aromatic nitrogens is 2. The fraction of sp³-hybridized carbons (Fsp3) is 0.667. The number of nitrogens with zero attached hydrogens (tertiary/aromatic N) is 2. The first-order chi connectivity index (χ1) is 8.19. The quantitative estimate of drug-likeness (QED) is 0.787. The van der Waals surface area contributed by atoms with Gasteiger partial charge in [-0.1, -0.05) is 6.92 Å². The fourth-order valence-corrected chi connectivity index (χ4v) is 1.78. The highest BCUT2D eigenvalue weighted by molar-refractivity contribution is 9.10. The zero-order valence-corrected chi connectivity index (χ0v) is 12.3. The normalized spacial score (nSPS) is 10.6. The molecular weight excluding hydrogens is 282 g/mol. The Kier molecular flexibility index (Phi) is 6.44. The van der Waals surface area contributed by atoms with Gasteiger partial charge < -0.3 is 10.1 Å². The van der Waals surface area contributed by atoms with Crippen LogP contribution in [0.5, 0.6) is 0 Å². The zero-order valence-electron chi connectivity index (χ0n) is 10.7. The molecule has 0 aliphatic rings. The molecule has 1 rings (SSSR count). The van der Waals surface area contributed by atoms with Crippen molar-refractivity contribution in [3.05, 3.63) is 16.0 Å². The number of anilines is 1. The van der Waals surface area contributed by atoms with Crippen molar-refractivity contribution in [1.82, 2.24) is 9.97 Å². The SMILES string of the molecule is CCCNc1nc(CCCOC)nc(C)c1Br. The van der Waals surface area contributed by atoms with E-state index in [1.165, 1.54) is 0 Å². The lowest BCUT2D eigenvalue weighted by Crippen LogP contribution is -2.08. The van der Waals surface area contributed by atoms with Gasteiger partial charge in [0.25, 0.3) is 0 Å². The Morgan fingerprint density at radius 3 is 2.76 bits per heavy atom. The first kappa shape index (κ1) is 14.4. The summed E-state index contributed by atoms with van der Waals surface area (Å²) in [6.45, 7) is 5.79. The van der Waals surface area contributed by atoms with E-state index in [-0.39, 0.29) is 0 Å². The zero-order chi connectivity index (χ0) is 12.7. The Bertz CT molecular complexity index is 358. The molecule has 0 unspecified atom stereocenters. The largest absolute Gasteiger partial charge is 0.385 e. The van der Waals surface area contributed by atoms with Crippen molar-refractivity contribution in [1.29, 1.82) is 0 Å². The highest BCUT2D eigenvalue weighted by atomic mass is 79.9. The van der Waals surface area contributed by atoms with E-state index in [1.807, 2.05) is 6.92 Å². The molecule has 17 heavy (non-hydrogen) atoms. The van der Waals surface area contributed by atoms with E-state index in [1.54, 1.807) is 7.11 Å². The van der Waals surface area contributed by atoms with E-state index in [0.717, 1.165) is 54.2 Å². The van der Waals surface area contributed by atoms with Gasteiger partial charge in [-0.3, -0.25) is 0 Å². The minimum absolute atomic E-state index is 0.746.